The molecule has 2 rings (SSSR count). The molecule has 0 saturated carbocycles. The van der Waals surface area contributed by atoms with Gasteiger partial charge in [-0.25, -0.2) is 0 Å². The van der Waals surface area contributed by atoms with Crippen molar-refractivity contribution in [1.29, 1.82) is 0 Å². The van der Waals surface area contributed by atoms with Gasteiger partial charge in [0.2, 0.25) is 23.6 Å². The predicted octanol–water partition coefficient (Wildman–Crippen LogP) is 6.24. The normalized spacial score (nSPS) is 17.2. The highest BCUT2D eigenvalue weighted by Gasteiger charge is 2.42. The quantitative estimate of drug-likeness (QED) is 0.110. The third-order valence-electron chi connectivity index (χ3n) is 9.82. The first-order valence-corrected chi connectivity index (χ1v) is 20.7. The third-order valence-corrected chi connectivity index (χ3v) is 10.6. The molecule has 0 radical (unpaired) electrons. The van der Waals surface area contributed by atoms with Crippen LogP contribution >= 0.6 is 11.9 Å². The van der Waals surface area contributed by atoms with E-state index in [2.05, 4.69) is 37.7 Å². The van der Waals surface area contributed by atoms with Crippen LogP contribution in [-0.2, 0) is 28.7 Å². The number of likely N-dealkylation sites (N-methyl/N-ethyl adjacent to an activating group) is 2. The Labute approximate surface area is 332 Å². The van der Waals surface area contributed by atoms with Crippen LogP contribution in [0.5, 0.6) is 0 Å². The molecule has 13 heteroatoms. The van der Waals surface area contributed by atoms with E-state index in [0.29, 0.717) is 18.7 Å². The lowest BCUT2D eigenvalue weighted by molar-refractivity contribution is -0.145. The van der Waals surface area contributed by atoms with Gasteiger partial charge in [0.05, 0.1) is 49.2 Å². The zero-order valence-electron chi connectivity index (χ0n) is 36.1. The standard InChI is InChI=1S/C34H58N6O6S.C4H10.C3H8/c1-11-22(4)31(39(8)29(42)20-36-34(44)30(21(2)3)38(6)7)27(45-9)19-28(41)40-18-12-13-26(40)32(46-10)23(5)33(43)37-47-25-16-14-24(35)15-17-25;1-3-4-2;1-3-2/h14-17,21-23,26-27,30-32H,11-13,18-20,35H2,1-10H3,(H,36,44)(H,37,43);3-4H2,1-2H3;3H2,1-2H3. The Morgan fingerprint density at radius 2 is 1.50 bits per heavy atom. The van der Waals surface area contributed by atoms with Crippen molar-refractivity contribution < 1.29 is 28.7 Å². The first-order chi connectivity index (χ1) is 25.5. The Balaban J connectivity index is 0.00000369. The molecule has 7 atom stereocenters. The van der Waals surface area contributed by atoms with Gasteiger partial charge in [0, 0.05) is 38.4 Å². The molecule has 1 fully saturated rings. The number of carbonyl (C=O) groups is 4. The second-order valence-electron chi connectivity index (χ2n) is 14.9. The van der Waals surface area contributed by atoms with Gasteiger partial charge in [-0.1, -0.05) is 88.0 Å². The van der Waals surface area contributed by atoms with Gasteiger partial charge in [-0.15, -0.1) is 0 Å². The molecule has 12 nitrogen and oxygen atoms in total. The van der Waals surface area contributed by atoms with E-state index in [1.807, 2.05) is 65.7 Å². The van der Waals surface area contributed by atoms with Gasteiger partial charge in [-0.2, -0.15) is 0 Å². The minimum absolute atomic E-state index is 0.0194. The highest BCUT2D eigenvalue weighted by Crippen LogP contribution is 2.30. The molecule has 1 aromatic carbocycles. The molecule has 0 spiro atoms. The SMILES string of the molecule is CCC.CCC(C)C(C(CC(=O)N1CCCC1C(OC)C(C)C(=O)NSc1ccc(N)cc1)OC)N(C)C(=O)CNC(=O)C(C(C)C)N(C)C.CCCC. The Morgan fingerprint density at radius 1 is 0.926 bits per heavy atom. The Morgan fingerprint density at radius 3 is 1.96 bits per heavy atom. The average molecular weight is 781 g/mol. The van der Waals surface area contributed by atoms with Gasteiger partial charge in [-0.3, -0.25) is 28.8 Å². The third kappa shape index (κ3) is 16.9. The number of amides is 4. The zero-order chi connectivity index (χ0) is 41.5. The number of nitrogens with one attached hydrogen (secondary N) is 2. The number of hydrogen-bond donors (Lipinski definition) is 3. The van der Waals surface area contributed by atoms with E-state index in [0.717, 1.165) is 17.7 Å². The molecule has 312 valence electrons. The first kappa shape index (κ1) is 51.1. The summed E-state index contributed by atoms with van der Waals surface area (Å²) in [7, 11) is 8.52. The number of carbonyl (C=O) groups excluding carboxylic acids is 4. The van der Waals surface area contributed by atoms with E-state index in [9.17, 15) is 19.2 Å². The van der Waals surface area contributed by atoms with Crippen molar-refractivity contribution in [2.75, 3.05) is 54.2 Å². The van der Waals surface area contributed by atoms with E-state index in [1.165, 1.54) is 31.2 Å². The minimum Gasteiger partial charge on any atom is -0.399 e. The molecule has 0 aliphatic carbocycles. The van der Waals surface area contributed by atoms with Crippen molar-refractivity contribution in [2.24, 2.45) is 17.8 Å². The molecule has 1 aromatic rings. The average Bonchev–Trinajstić information content (AvgIpc) is 3.63. The van der Waals surface area contributed by atoms with Gasteiger partial charge < -0.3 is 30.3 Å². The van der Waals surface area contributed by atoms with Crippen LogP contribution in [-0.4, -0.2) is 117 Å². The van der Waals surface area contributed by atoms with Crippen molar-refractivity contribution in [3.8, 4) is 0 Å². The van der Waals surface area contributed by atoms with Crippen LogP contribution in [0.4, 0.5) is 5.69 Å². The van der Waals surface area contributed by atoms with Crippen LogP contribution in [0.2, 0.25) is 0 Å². The molecule has 7 unspecified atom stereocenters. The summed E-state index contributed by atoms with van der Waals surface area (Å²) in [5, 5.41) is 2.80. The number of nitrogens with zero attached hydrogens (tertiary/aromatic N) is 3. The maximum absolute atomic E-state index is 13.9. The van der Waals surface area contributed by atoms with Gasteiger partial charge in [0.1, 0.15) is 0 Å². The summed E-state index contributed by atoms with van der Waals surface area (Å²) in [5.41, 5.74) is 6.41. The summed E-state index contributed by atoms with van der Waals surface area (Å²) in [5.74, 6) is -1.19. The highest BCUT2D eigenvalue weighted by atomic mass is 32.2. The molecule has 54 heavy (non-hydrogen) atoms. The minimum atomic E-state index is -0.577. The highest BCUT2D eigenvalue weighted by molar-refractivity contribution is 7.98. The molecular formula is C41H76N6O6S. The summed E-state index contributed by atoms with van der Waals surface area (Å²) in [6.07, 6.45) is 5.13. The van der Waals surface area contributed by atoms with Crippen molar-refractivity contribution in [2.45, 2.75) is 142 Å². The van der Waals surface area contributed by atoms with E-state index >= 15 is 0 Å². The number of nitrogens with two attached hydrogens (primary N) is 1. The number of rotatable bonds is 19. The second kappa shape index (κ2) is 27.7. The molecule has 1 saturated heterocycles. The molecule has 0 aromatic heterocycles. The zero-order valence-corrected chi connectivity index (χ0v) is 36.9. The van der Waals surface area contributed by atoms with Crippen LogP contribution in [0.3, 0.4) is 0 Å². The lowest BCUT2D eigenvalue weighted by Gasteiger charge is -2.39. The molecule has 1 aliphatic rings. The van der Waals surface area contributed by atoms with Crippen LogP contribution < -0.4 is 15.8 Å². The molecule has 4 amide bonds. The van der Waals surface area contributed by atoms with Crippen LogP contribution in [0.15, 0.2) is 29.2 Å². The maximum Gasteiger partial charge on any atom is 0.242 e. The molecule has 1 aliphatic heterocycles. The van der Waals surface area contributed by atoms with Gasteiger partial charge in [-0.05, 0) is 75.0 Å². The van der Waals surface area contributed by atoms with E-state index in [1.54, 1.807) is 43.2 Å². The number of hydrogen-bond acceptors (Lipinski definition) is 9. The summed E-state index contributed by atoms with van der Waals surface area (Å²) in [4.78, 5) is 59.4. The molecule has 0 bridgehead atoms. The van der Waals surface area contributed by atoms with E-state index in [4.69, 9.17) is 15.2 Å². The fourth-order valence-corrected chi connectivity index (χ4v) is 7.27. The first-order valence-electron chi connectivity index (χ1n) is 19.9. The Kier molecular flexibility index (Phi) is 26.2. The van der Waals surface area contributed by atoms with Gasteiger partial charge in [0.15, 0.2) is 0 Å². The number of anilines is 1. The second-order valence-corrected chi connectivity index (χ2v) is 15.7. The fraction of sp³-hybridized carbons (Fsp3) is 0.756. The summed E-state index contributed by atoms with van der Waals surface area (Å²) >= 11 is 1.21. The summed E-state index contributed by atoms with van der Waals surface area (Å²) in [6.45, 7) is 18.8. The largest absolute Gasteiger partial charge is 0.399 e. The van der Waals surface area contributed by atoms with E-state index < -0.39 is 24.2 Å². The smallest absolute Gasteiger partial charge is 0.242 e. The Hall–Kier alpha value is -2.87. The van der Waals surface area contributed by atoms with Crippen molar-refractivity contribution in [3.05, 3.63) is 24.3 Å². The number of benzene rings is 1. The lowest BCUT2D eigenvalue weighted by atomic mass is 9.90. The number of likely N-dealkylation sites (tertiary alicyclic amines) is 1. The monoisotopic (exact) mass is 781 g/mol. The number of methoxy groups -OCH3 is 2. The van der Waals surface area contributed by atoms with Crippen molar-refractivity contribution >= 4 is 41.3 Å². The van der Waals surface area contributed by atoms with E-state index in [-0.39, 0.29) is 60.5 Å². The Bertz CT molecular complexity index is 1210. The van der Waals surface area contributed by atoms with Crippen molar-refractivity contribution in [3.63, 3.8) is 0 Å². The number of unbranched alkanes of at least 4 members (excludes halogenated alkanes) is 1. The molecule has 4 N–H and O–H groups in total. The van der Waals surface area contributed by atoms with Gasteiger partial charge in [0.25, 0.3) is 0 Å². The predicted molar refractivity (Wildman–Crippen MR) is 223 cm³/mol. The maximum atomic E-state index is 13.9. The fourth-order valence-electron chi connectivity index (χ4n) is 6.59. The number of nitrogen functional groups attached to an aromatic ring is 1. The van der Waals surface area contributed by atoms with Crippen LogP contribution in [0.25, 0.3) is 0 Å². The van der Waals surface area contributed by atoms with Crippen molar-refractivity contribution in [1.82, 2.24) is 24.7 Å². The number of ether oxygens (including phenoxy) is 2. The lowest BCUT2D eigenvalue weighted by Crippen LogP contribution is -2.55. The van der Waals surface area contributed by atoms with Gasteiger partial charge >= 0.3 is 0 Å². The summed E-state index contributed by atoms with van der Waals surface area (Å²) in [6, 6.07) is 6.18. The molecular weight excluding hydrogens is 705 g/mol. The molecule has 1 heterocycles. The van der Waals surface area contributed by atoms with Crippen LogP contribution in [0, 0.1) is 17.8 Å². The summed E-state index contributed by atoms with van der Waals surface area (Å²) < 4.78 is 14.7. The van der Waals surface area contributed by atoms with Crippen LogP contribution in [0.1, 0.15) is 107 Å². The topological polar surface area (TPSA) is 147 Å².